The van der Waals surface area contributed by atoms with Gasteiger partial charge in [0.2, 0.25) is 11.8 Å². The second-order valence-corrected chi connectivity index (χ2v) is 9.89. The third kappa shape index (κ3) is 7.78. The molecule has 0 radical (unpaired) electrons. The maximum Gasteiger partial charge on any atom is 0.257 e. The maximum atomic E-state index is 13.4. The number of amides is 2. The van der Waals surface area contributed by atoms with E-state index < -0.39 is 39.4 Å². The molecule has 0 saturated carbocycles. The average molecular weight is 479 g/mol. The Bertz CT molecular complexity index is 1100. The van der Waals surface area contributed by atoms with E-state index in [9.17, 15) is 26.8 Å². The molecule has 1 unspecified atom stereocenters. The highest BCUT2D eigenvalue weighted by Gasteiger charge is 2.34. The van der Waals surface area contributed by atoms with Gasteiger partial charge in [-0.05, 0) is 74.2 Å². The third-order valence-corrected chi connectivity index (χ3v) is 5.71. The van der Waals surface area contributed by atoms with Gasteiger partial charge in [0.15, 0.2) is 0 Å². The van der Waals surface area contributed by atoms with Crippen LogP contribution in [0.15, 0.2) is 53.9 Å². The second-order valence-electron chi connectivity index (χ2n) is 8.33. The van der Waals surface area contributed by atoms with Crippen LogP contribution in [0.5, 0.6) is 0 Å². The predicted molar refractivity (Wildman–Crippen MR) is 124 cm³/mol. The van der Waals surface area contributed by atoms with Crippen LogP contribution in [0.1, 0.15) is 39.7 Å². The van der Waals surface area contributed by atoms with E-state index in [2.05, 4.69) is 0 Å². The number of rotatable bonds is 9. The SMILES string of the molecule is CC(C)CC(C(=O)NS(=O)(=O)C=Cc1ccc(F)cc1)C(=O)N(c1ccc(F)cc1)C(C)C. The molecule has 0 heterocycles. The summed E-state index contributed by atoms with van der Waals surface area (Å²) in [6.45, 7) is 7.11. The lowest BCUT2D eigenvalue weighted by atomic mass is 9.94. The summed E-state index contributed by atoms with van der Waals surface area (Å²) in [5.74, 6) is -3.82. The molecule has 2 amide bonds. The van der Waals surface area contributed by atoms with E-state index in [1.54, 1.807) is 13.8 Å². The average Bonchev–Trinajstić information content (AvgIpc) is 2.72. The maximum absolute atomic E-state index is 13.4. The van der Waals surface area contributed by atoms with Gasteiger partial charge < -0.3 is 4.90 Å². The third-order valence-electron chi connectivity index (χ3n) is 4.73. The number of nitrogens with zero attached hydrogens (tertiary/aromatic N) is 1. The standard InChI is InChI=1S/C24H28F2N2O4S/c1-16(2)15-22(24(30)28(17(3)4)21-11-9-20(26)10-12-21)23(29)27-33(31,32)14-13-18-5-7-19(25)8-6-18/h5-14,16-17,22H,15H2,1-4H3,(H,27,29). The molecule has 2 aromatic rings. The van der Waals surface area contributed by atoms with Crippen LogP contribution in [0.2, 0.25) is 0 Å². The fourth-order valence-electron chi connectivity index (χ4n) is 3.23. The Kier molecular flexibility index (Phi) is 8.87. The van der Waals surface area contributed by atoms with Gasteiger partial charge in [0.1, 0.15) is 17.6 Å². The Hall–Kier alpha value is -3.07. The highest BCUT2D eigenvalue weighted by atomic mass is 32.2. The van der Waals surface area contributed by atoms with Gasteiger partial charge in [0.05, 0.1) is 5.41 Å². The van der Waals surface area contributed by atoms with Crippen molar-refractivity contribution in [3.8, 4) is 0 Å². The summed E-state index contributed by atoms with van der Waals surface area (Å²) < 4.78 is 53.2. The van der Waals surface area contributed by atoms with Gasteiger partial charge in [0, 0.05) is 11.7 Å². The van der Waals surface area contributed by atoms with Gasteiger partial charge in [-0.15, -0.1) is 0 Å². The highest BCUT2D eigenvalue weighted by Crippen LogP contribution is 2.24. The molecule has 1 N–H and O–H groups in total. The van der Waals surface area contributed by atoms with Crippen LogP contribution in [0.3, 0.4) is 0 Å². The number of sulfonamides is 1. The molecule has 1 atom stereocenters. The normalized spacial score (nSPS) is 12.8. The smallest absolute Gasteiger partial charge is 0.257 e. The van der Waals surface area contributed by atoms with Crippen LogP contribution in [0.4, 0.5) is 14.5 Å². The van der Waals surface area contributed by atoms with Crippen molar-refractivity contribution >= 4 is 33.6 Å². The molecule has 0 aliphatic carbocycles. The van der Waals surface area contributed by atoms with Gasteiger partial charge in [-0.1, -0.05) is 26.0 Å². The zero-order valence-electron chi connectivity index (χ0n) is 19.0. The number of hydrogen-bond donors (Lipinski definition) is 1. The summed E-state index contributed by atoms with van der Waals surface area (Å²) in [4.78, 5) is 27.6. The van der Waals surface area contributed by atoms with Crippen LogP contribution in [-0.4, -0.2) is 26.3 Å². The quantitative estimate of drug-likeness (QED) is 0.539. The van der Waals surface area contributed by atoms with Crippen molar-refractivity contribution < 1.29 is 26.8 Å². The minimum atomic E-state index is -4.21. The van der Waals surface area contributed by atoms with E-state index in [0.29, 0.717) is 11.3 Å². The Morgan fingerprint density at radius 2 is 1.45 bits per heavy atom. The van der Waals surface area contributed by atoms with E-state index in [0.717, 1.165) is 5.41 Å². The molecule has 33 heavy (non-hydrogen) atoms. The van der Waals surface area contributed by atoms with Gasteiger partial charge in [-0.3, -0.25) is 9.59 Å². The van der Waals surface area contributed by atoms with E-state index in [1.165, 1.54) is 59.5 Å². The lowest BCUT2D eigenvalue weighted by Gasteiger charge is -2.31. The molecule has 0 aliphatic rings. The van der Waals surface area contributed by atoms with Crippen molar-refractivity contribution in [1.82, 2.24) is 4.72 Å². The number of nitrogens with one attached hydrogen (secondary N) is 1. The first-order valence-electron chi connectivity index (χ1n) is 10.5. The van der Waals surface area contributed by atoms with Crippen molar-refractivity contribution in [2.75, 3.05) is 4.90 Å². The van der Waals surface area contributed by atoms with Crippen molar-refractivity contribution in [2.24, 2.45) is 11.8 Å². The fraction of sp³-hybridized carbons (Fsp3) is 0.333. The van der Waals surface area contributed by atoms with Crippen molar-refractivity contribution in [3.63, 3.8) is 0 Å². The topological polar surface area (TPSA) is 83.5 Å². The van der Waals surface area contributed by atoms with Crippen LogP contribution in [-0.2, 0) is 19.6 Å². The van der Waals surface area contributed by atoms with Gasteiger partial charge in [-0.2, -0.15) is 0 Å². The predicted octanol–water partition coefficient (Wildman–Crippen LogP) is 4.49. The number of hydrogen-bond acceptors (Lipinski definition) is 4. The molecule has 6 nitrogen and oxygen atoms in total. The minimum absolute atomic E-state index is 0.0793. The molecule has 178 valence electrons. The van der Waals surface area contributed by atoms with Crippen molar-refractivity contribution in [3.05, 3.63) is 71.1 Å². The van der Waals surface area contributed by atoms with Crippen LogP contribution < -0.4 is 9.62 Å². The fourth-order valence-corrected chi connectivity index (χ4v) is 4.06. The first kappa shape index (κ1) is 26.2. The first-order chi connectivity index (χ1) is 15.4. The lowest BCUT2D eigenvalue weighted by Crippen LogP contribution is -2.48. The molecule has 0 aromatic heterocycles. The molecule has 0 spiro atoms. The number of halogens is 2. The molecule has 9 heteroatoms. The van der Waals surface area contributed by atoms with Crippen LogP contribution >= 0.6 is 0 Å². The number of benzene rings is 2. The number of carbonyl (C=O) groups is 2. The Morgan fingerprint density at radius 3 is 1.94 bits per heavy atom. The summed E-state index contributed by atoms with van der Waals surface area (Å²) in [7, 11) is -4.21. The summed E-state index contributed by atoms with van der Waals surface area (Å²) >= 11 is 0. The lowest BCUT2D eigenvalue weighted by molar-refractivity contribution is -0.133. The molecule has 2 aromatic carbocycles. The number of carbonyl (C=O) groups excluding carboxylic acids is 2. The molecular weight excluding hydrogens is 450 g/mol. The van der Waals surface area contributed by atoms with Crippen LogP contribution in [0, 0.1) is 23.5 Å². The molecule has 0 saturated heterocycles. The van der Waals surface area contributed by atoms with E-state index >= 15 is 0 Å². The van der Waals surface area contributed by atoms with Gasteiger partial charge in [-0.25, -0.2) is 21.9 Å². The summed E-state index contributed by atoms with van der Waals surface area (Å²) in [6, 6.07) is 10.0. The zero-order valence-corrected chi connectivity index (χ0v) is 19.8. The molecule has 2 rings (SSSR count). The largest absolute Gasteiger partial charge is 0.309 e. The van der Waals surface area contributed by atoms with E-state index in [4.69, 9.17) is 0 Å². The highest BCUT2D eigenvalue weighted by molar-refractivity contribution is 7.93. The summed E-state index contributed by atoms with van der Waals surface area (Å²) in [6.07, 6.45) is 1.33. The summed E-state index contributed by atoms with van der Waals surface area (Å²) in [5, 5.41) is 0.787. The first-order valence-corrected chi connectivity index (χ1v) is 12.0. The van der Waals surface area contributed by atoms with E-state index in [-0.39, 0.29) is 18.4 Å². The summed E-state index contributed by atoms with van der Waals surface area (Å²) in [5.41, 5.74) is 0.823. The molecule has 0 aliphatic heterocycles. The molecule has 0 bridgehead atoms. The Balaban J connectivity index is 2.27. The second kappa shape index (κ2) is 11.2. The van der Waals surface area contributed by atoms with Gasteiger partial charge in [0.25, 0.3) is 10.0 Å². The van der Waals surface area contributed by atoms with Crippen molar-refractivity contribution in [1.29, 1.82) is 0 Å². The number of anilines is 1. The Morgan fingerprint density at radius 1 is 0.939 bits per heavy atom. The Labute approximate surface area is 193 Å². The van der Waals surface area contributed by atoms with Crippen molar-refractivity contribution in [2.45, 2.75) is 40.2 Å². The molecule has 0 fully saturated rings. The van der Waals surface area contributed by atoms with E-state index in [1.807, 2.05) is 18.6 Å². The monoisotopic (exact) mass is 478 g/mol. The molecular formula is C24H28F2N2O4S. The zero-order chi connectivity index (χ0) is 24.8. The van der Waals surface area contributed by atoms with Gasteiger partial charge >= 0.3 is 0 Å². The van der Waals surface area contributed by atoms with Crippen LogP contribution in [0.25, 0.3) is 6.08 Å². The minimum Gasteiger partial charge on any atom is -0.309 e.